The Balaban J connectivity index is 1.15. The van der Waals surface area contributed by atoms with Crippen molar-refractivity contribution in [1.82, 2.24) is 10.2 Å². The third kappa shape index (κ3) is 4.85. The van der Waals surface area contributed by atoms with Crippen molar-refractivity contribution in [3.05, 3.63) is 59.8 Å². The Morgan fingerprint density at radius 3 is 2.40 bits per heavy atom. The number of esters is 1. The van der Waals surface area contributed by atoms with Gasteiger partial charge in [0, 0.05) is 24.6 Å². The topological polar surface area (TPSA) is 75.7 Å². The predicted octanol–water partition coefficient (Wildman–Crippen LogP) is 6.53. The molecule has 2 amide bonds. The van der Waals surface area contributed by atoms with E-state index in [1.807, 2.05) is 23.1 Å². The lowest BCUT2D eigenvalue weighted by molar-refractivity contribution is -0.160. The number of piperidine rings is 1. The van der Waals surface area contributed by atoms with Gasteiger partial charge in [-0.15, -0.1) is 0 Å². The maximum atomic E-state index is 14.3. The number of carbonyl (C=O) groups excluding carboxylic acids is 3. The number of nitrogens with one attached hydrogen (secondary N) is 1. The Labute approximate surface area is 249 Å². The number of likely N-dealkylation sites (tertiary alicyclic amines) is 1. The molecule has 5 fully saturated rings. The molecule has 1 N–H and O–H groups in total. The summed E-state index contributed by atoms with van der Waals surface area (Å²) in [6.07, 6.45) is 13.7. The van der Waals surface area contributed by atoms with Gasteiger partial charge in [0.2, 0.25) is 11.8 Å². The highest BCUT2D eigenvalue weighted by Gasteiger charge is 2.54. The van der Waals surface area contributed by atoms with Crippen molar-refractivity contribution in [2.75, 3.05) is 13.7 Å². The fourth-order valence-corrected chi connectivity index (χ4v) is 10.1. The zero-order chi connectivity index (χ0) is 28.9. The van der Waals surface area contributed by atoms with Crippen molar-refractivity contribution >= 4 is 28.6 Å². The van der Waals surface area contributed by atoms with Crippen LogP contribution in [-0.2, 0) is 25.7 Å². The fraction of sp³-hybridized carbons (Fsp3) is 0.583. The number of amides is 2. The molecule has 1 aliphatic heterocycles. The second-order valence-electron chi connectivity index (χ2n) is 14.3. The number of ether oxygens (including phenoxy) is 1. The van der Waals surface area contributed by atoms with Gasteiger partial charge in [0.15, 0.2) is 0 Å². The van der Waals surface area contributed by atoms with E-state index in [-0.39, 0.29) is 29.6 Å². The van der Waals surface area contributed by atoms with E-state index in [0.717, 1.165) is 65.6 Å². The zero-order valence-corrected chi connectivity index (χ0v) is 24.9. The van der Waals surface area contributed by atoms with E-state index in [2.05, 4.69) is 35.7 Å². The smallest absolute Gasteiger partial charge is 0.317 e. The van der Waals surface area contributed by atoms with Crippen LogP contribution >= 0.6 is 0 Å². The third-order valence-electron chi connectivity index (χ3n) is 11.4. The van der Waals surface area contributed by atoms with Crippen LogP contribution in [0.3, 0.4) is 0 Å². The summed E-state index contributed by atoms with van der Waals surface area (Å²) in [6, 6.07) is 14.4. The normalized spacial score (nSPS) is 33.6. The molecule has 2 atom stereocenters. The molecule has 1 saturated heterocycles. The van der Waals surface area contributed by atoms with Crippen LogP contribution < -0.4 is 5.32 Å². The molecule has 4 saturated carbocycles. The molecular weight excluding hydrogens is 524 g/mol. The van der Waals surface area contributed by atoms with Gasteiger partial charge in [-0.2, -0.15) is 0 Å². The van der Waals surface area contributed by atoms with Crippen molar-refractivity contribution in [2.45, 2.75) is 83.6 Å². The lowest BCUT2D eigenvalue weighted by Gasteiger charge is -2.57. The monoisotopic (exact) mass is 568 g/mol. The van der Waals surface area contributed by atoms with Gasteiger partial charge in [-0.1, -0.05) is 55.0 Å². The van der Waals surface area contributed by atoms with Crippen LogP contribution in [0.2, 0.25) is 0 Å². The average molecular weight is 569 g/mol. The van der Waals surface area contributed by atoms with E-state index in [4.69, 9.17) is 4.74 Å². The second-order valence-corrected chi connectivity index (χ2v) is 14.3. The van der Waals surface area contributed by atoms with Gasteiger partial charge in [-0.3, -0.25) is 14.4 Å². The first-order valence-electron chi connectivity index (χ1n) is 16.2. The van der Waals surface area contributed by atoms with E-state index in [9.17, 15) is 14.4 Å². The number of allylic oxidation sites excluding steroid dienone is 1. The van der Waals surface area contributed by atoms with Gasteiger partial charge in [0.1, 0.15) is 5.41 Å². The van der Waals surface area contributed by atoms with Crippen molar-refractivity contribution < 1.29 is 19.1 Å². The number of carbonyl (C=O) groups is 3. The zero-order valence-electron chi connectivity index (χ0n) is 24.9. The molecule has 4 bridgehead atoms. The Kier molecular flexibility index (Phi) is 7.14. The molecule has 0 radical (unpaired) electrons. The summed E-state index contributed by atoms with van der Waals surface area (Å²) >= 11 is 0. The van der Waals surface area contributed by atoms with Crippen LogP contribution in [0.25, 0.3) is 10.8 Å². The Bertz CT molecular complexity index is 1390. The molecule has 0 unspecified atom stereocenters. The first-order chi connectivity index (χ1) is 20.4. The minimum absolute atomic E-state index is 0.0550. The first-order valence-corrected chi connectivity index (χ1v) is 16.2. The van der Waals surface area contributed by atoms with Gasteiger partial charge in [-0.05, 0) is 104 Å². The van der Waals surface area contributed by atoms with Crippen LogP contribution in [0, 0.1) is 34.5 Å². The molecule has 6 nitrogen and oxygen atoms in total. The molecule has 6 aliphatic rings. The molecule has 222 valence electrons. The summed E-state index contributed by atoms with van der Waals surface area (Å²) in [4.78, 5) is 43.3. The summed E-state index contributed by atoms with van der Waals surface area (Å²) in [5.74, 6) is 1.52. The molecule has 1 heterocycles. The second kappa shape index (κ2) is 10.8. The van der Waals surface area contributed by atoms with E-state index in [1.165, 1.54) is 45.6 Å². The van der Waals surface area contributed by atoms with Gasteiger partial charge >= 0.3 is 5.97 Å². The maximum absolute atomic E-state index is 14.3. The Hall–Kier alpha value is -3.15. The van der Waals surface area contributed by atoms with E-state index in [1.54, 1.807) is 0 Å². The highest BCUT2D eigenvalue weighted by atomic mass is 16.5. The summed E-state index contributed by atoms with van der Waals surface area (Å²) in [5, 5.41) is 5.51. The van der Waals surface area contributed by atoms with Crippen LogP contribution in [0.1, 0.15) is 82.6 Å². The number of hydrogen-bond donors (Lipinski definition) is 1. The molecule has 6 heteroatoms. The lowest BCUT2D eigenvalue weighted by Crippen LogP contribution is -2.54. The van der Waals surface area contributed by atoms with Crippen molar-refractivity contribution in [3.63, 3.8) is 0 Å². The molecule has 42 heavy (non-hydrogen) atoms. The SMILES string of the molecule is COC(=O)[C@]12CCCCC=C1N(Cc1cccc3ccccc13)C(=O)[C@H](CC(=O)NCC13CC4CC(CC(C4)C1)C3)C2. The summed E-state index contributed by atoms with van der Waals surface area (Å²) in [7, 11) is 1.44. The van der Waals surface area contributed by atoms with Crippen LogP contribution in [-0.4, -0.2) is 36.3 Å². The molecule has 2 aromatic rings. The minimum atomic E-state index is -0.908. The number of nitrogens with zero attached hydrogens (tertiary/aromatic N) is 1. The van der Waals surface area contributed by atoms with Gasteiger partial charge in [0.05, 0.1) is 13.7 Å². The molecular formula is C36H44N2O4. The molecule has 2 aromatic carbocycles. The van der Waals surface area contributed by atoms with Gasteiger partial charge in [-0.25, -0.2) is 0 Å². The summed E-state index contributed by atoms with van der Waals surface area (Å²) in [6.45, 7) is 1.10. The van der Waals surface area contributed by atoms with Crippen molar-refractivity contribution in [3.8, 4) is 0 Å². The quantitative estimate of drug-likeness (QED) is 0.386. The lowest BCUT2D eigenvalue weighted by atomic mass is 9.49. The molecule has 8 rings (SSSR count). The first kappa shape index (κ1) is 27.7. The minimum Gasteiger partial charge on any atom is -0.468 e. The number of methoxy groups -OCH3 is 1. The highest BCUT2D eigenvalue weighted by molar-refractivity contribution is 5.93. The molecule has 5 aliphatic carbocycles. The van der Waals surface area contributed by atoms with E-state index < -0.39 is 11.3 Å². The standard InChI is InChI=1S/C36H44N2O4/c1-42-34(41)36-13-6-2-3-12-31(36)38(22-28-10-7-9-27-8-4-5-11-30(27)28)33(40)29(21-36)17-32(39)37-23-35-18-24-14-25(19-35)16-26(15-24)20-35/h4-5,7-12,24-26,29H,2-3,6,13-23H2,1H3,(H,37,39)/t24?,25?,26?,29-,35?,36+/m1/s1. The van der Waals surface area contributed by atoms with Crippen molar-refractivity contribution in [2.24, 2.45) is 34.5 Å². The van der Waals surface area contributed by atoms with E-state index in [0.29, 0.717) is 19.4 Å². The molecule has 0 aromatic heterocycles. The Morgan fingerprint density at radius 1 is 0.952 bits per heavy atom. The predicted molar refractivity (Wildman–Crippen MR) is 162 cm³/mol. The average Bonchev–Trinajstić information content (AvgIpc) is 3.20. The number of benzene rings is 2. The maximum Gasteiger partial charge on any atom is 0.317 e. The van der Waals surface area contributed by atoms with Gasteiger partial charge in [0.25, 0.3) is 0 Å². The number of fused-ring (bicyclic) bond motifs is 2. The largest absolute Gasteiger partial charge is 0.468 e. The molecule has 0 spiro atoms. The third-order valence-corrected chi connectivity index (χ3v) is 11.4. The van der Waals surface area contributed by atoms with Gasteiger partial charge < -0.3 is 15.0 Å². The number of hydrogen-bond acceptors (Lipinski definition) is 4. The highest BCUT2D eigenvalue weighted by Crippen LogP contribution is 2.59. The Morgan fingerprint density at radius 2 is 1.67 bits per heavy atom. The summed E-state index contributed by atoms with van der Waals surface area (Å²) < 4.78 is 5.43. The van der Waals surface area contributed by atoms with Crippen LogP contribution in [0.15, 0.2) is 54.2 Å². The number of rotatable bonds is 7. The van der Waals surface area contributed by atoms with Crippen molar-refractivity contribution in [1.29, 1.82) is 0 Å². The van der Waals surface area contributed by atoms with Crippen LogP contribution in [0.4, 0.5) is 0 Å². The van der Waals surface area contributed by atoms with Crippen LogP contribution in [0.5, 0.6) is 0 Å². The fourth-order valence-electron chi connectivity index (χ4n) is 10.1. The van der Waals surface area contributed by atoms with E-state index >= 15 is 0 Å². The summed E-state index contributed by atoms with van der Waals surface area (Å²) in [5.41, 5.74) is 1.15.